The molecule has 1 aromatic heterocycles. The van der Waals surface area contributed by atoms with Gasteiger partial charge < -0.3 is 25.1 Å². The van der Waals surface area contributed by atoms with E-state index in [0.29, 0.717) is 29.6 Å². The molecular formula is C23H27BClN3O4. The molecule has 0 aliphatic carbocycles. The van der Waals surface area contributed by atoms with Crippen LogP contribution in [0.4, 0.5) is 5.82 Å². The van der Waals surface area contributed by atoms with E-state index in [1.54, 1.807) is 30.5 Å². The minimum atomic E-state index is -0.501. The third-order valence-electron chi connectivity index (χ3n) is 6.21. The van der Waals surface area contributed by atoms with Crippen molar-refractivity contribution in [2.75, 3.05) is 12.3 Å². The zero-order valence-electron chi connectivity index (χ0n) is 18.6. The first-order chi connectivity index (χ1) is 15.1. The number of amides is 1. The van der Waals surface area contributed by atoms with Gasteiger partial charge in [0.1, 0.15) is 17.7 Å². The summed E-state index contributed by atoms with van der Waals surface area (Å²) in [6.45, 7) is 8.42. The van der Waals surface area contributed by atoms with Gasteiger partial charge in [0, 0.05) is 18.7 Å². The lowest BCUT2D eigenvalue weighted by Gasteiger charge is -2.32. The van der Waals surface area contributed by atoms with Crippen LogP contribution in [-0.2, 0) is 20.5 Å². The number of pyridine rings is 1. The number of nitrogens with two attached hydrogens (primary N) is 1. The van der Waals surface area contributed by atoms with E-state index in [4.69, 9.17) is 31.4 Å². The van der Waals surface area contributed by atoms with E-state index in [0.717, 1.165) is 16.6 Å². The SMILES string of the molecule is CC1(C)OB(c2ccc(Cl)c3c2CC(CNC(=O)C=Cc2ccc(N)nc2)O3)OC1(C)C. The lowest BCUT2D eigenvalue weighted by molar-refractivity contribution is -0.116. The molecule has 1 atom stereocenters. The van der Waals surface area contributed by atoms with Crippen molar-refractivity contribution in [3.8, 4) is 5.75 Å². The zero-order valence-corrected chi connectivity index (χ0v) is 19.4. The summed E-state index contributed by atoms with van der Waals surface area (Å²) in [5.41, 5.74) is 7.34. The number of rotatable bonds is 5. The monoisotopic (exact) mass is 455 g/mol. The normalized spacial score (nSPS) is 20.9. The van der Waals surface area contributed by atoms with Crippen LogP contribution in [0.3, 0.4) is 0 Å². The second kappa shape index (κ2) is 8.43. The van der Waals surface area contributed by atoms with Gasteiger partial charge in [-0.2, -0.15) is 0 Å². The van der Waals surface area contributed by atoms with E-state index in [2.05, 4.69) is 10.3 Å². The van der Waals surface area contributed by atoms with Gasteiger partial charge in [-0.15, -0.1) is 0 Å². The first-order valence-corrected chi connectivity index (χ1v) is 10.9. The van der Waals surface area contributed by atoms with Crippen LogP contribution >= 0.6 is 11.6 Å². The fraction of sp³-hybridized carbons (Fsp3) is 0.391. The molecule has 3 N–H and O–H groups in total. The molecule has 0 saturated carbocycles. The van der Waals surface area contributed by atoms with Crippen LogP contribution in [0.5, 0.6) is 5.75 Å². The molecule has 2 aliphatic heterocycles. The van der Waals surface area contributed by atoms with Crippen molar-refractivity contribution in [3.05, 3.63) is 52.7 Å². The minimum Gasteiger partial charge on any atom is -0.486 e. The molecule has 2 aromatic rings. The summed E-state index contributed by atoms with van der Waals surface area (Å²) in [5.74, 6) is 0.836. The number of benzene rings is 1. The molecule has 1 fully saturated rings. The highest BCUT2D eigenvalue weighted by atomic mass is 35.5. The number of carbonyl (C=O) groups is 1. The maximum Gasteiger partial charge on any atom is 0.495 e. The summed E-state index contributed by atoms with van der Waals surface area (Å²) >= 11 is 6.40. The first-order valence-electron chi connectivity index (χ1n) is 10.6. The summed E-state index contributed by atoms with van der Waals surface area (Å²) < 4.78 is 18.5. The highest BCUT2D eigenvalue weighted by Gasteiger charge is 2.52. The number of halogens is 1. The number of nitrogens with zero attached hydrogens (tertiary/aromatic N) is 1. The summed E-state index contributed by atoms with van der Waals surface area (Å²) in [7, 11) is -0.501. The van der Waals surface area contributed by atoms with Crippen molar-refractivity contribution in [2.45, 2.75) is 51.4 Å². The van der Waals surface area contributed by atoms with Crippen molar-refractivity contribution in [1.82, 2.24) is 10.3 Å². The van der Waals surface area contributed by atoms with Crippen LogP contribution in [0.2, 0.25) is 5.02 Å². The Balaban J connectivity index is 1.41. The molecule has 3 heterocycles. The van der Waals surface area contributed by atoms with Gasteiger partial charge in [0.25, 0.3) is 0 Å². The molecule has 1 unspecified atom stereocenters. The molecule has 168 valence electrons. The van der Waals surface area contributed by atoms with Crippen LogP contribution < -0.4 is 21.3 Å². The van der Waals surface area contributed by atoms with E-state index >= 15 is 0 Å². The van der Waals surface area contributed by atoms with Crippen LogP contribution in [0.1, 0.15) is 38.8 Å². The van der Waals surface area contributed by atoms with Gasteiger partial charge in [0.15, 0.2) is 0 Å². The quantitative estimate of drug-likeness (QED) is 0.532. The van der Waals surface area contributed by atoms with Crippen molar-refractivity contribution >= 4 is 42.0 Å². The smallest absolute Gasteiger partial charge is 0.486 e. The van der Waals surface area contributed by atoms with Gasteiger partial charge in [-0.1, -0.05) is 17.7 Å². The van der Waals surface area contributed by atoms with E-state index in [-0.39, 0.29) is 12.0 Å². The minimum absolute atomic E-state index is 0.223. The number of ether oxygens (including phenoxy) is 1. The molecule has 1 saturated heterocycles. The average molecular weight is 456 g/mol. The molecule has 0 radical (unpaired) electrons. The van der Waals surface area contributed by atoms with Gasteiger partial charge in [0.05, 0.1) is 22.8 Å². The Labute approximate surface area is 193 Å². The first kappa shape index (κ1) is 22.6. The number of hydrogen-bond acceptors (Lipinski definition) is 6. The van der Waals surface area contributed by atoms with E-state index < -0.39 is 18.3 Å². The predicted octanol–water partition coefficient (Wildman–Crippen LogP) is 2.75. The number of hydrogen-bond donors (Lipinski definition) is 2. The van der Waals surface area contributed by atoms with Crippen molar-refractivity contribution in [2.24, 2.45) is 0 Å². The summed E-state index contributed by atoms with van der Waals surface area (Å²) in [5, 5.41) is 3.41. The number of aromatic nitrogens is 1. The number of fused-ring (bicyclic) bond motifs is 1. The zero-order chi connectivity index (χ0) is 23.1. The Morgan fingerprint density at radius 1 is 1.25 bits per heavy atom. The van der Waals surface area contributed by atoms with Crippen LogP contribution in [0, 0.1) is 0 Å². The molecular weight excluding hydrogens is 429 g/mol. The van der Waals surface area contributed by atoms with Gasteiger partial charge in [0.2, 0.25) is 5.91 Å². The Kier molecular flexibility index (Phi) is 5.96. The fourth-order valence-corrected chi connectivity index (χ4v) is 3.88. The van der Waals surface area contributed by atoms with Crippen molar-refractivity contribution in [1.29, 1.82) is 0 Å². The summed E-state index contributed by atoms with van der Waals surface area (Å²) in [6, 6.07) is 7.20. The summed E-state index contributed by atoms with van der Waals surface area (Å²) in [4.78, 5) is 16.2. The number of nitrogens with one attached hydrogen (secondary N) is 1. The Hall–Kier alpha value is -2.55. The average Bonchev–Trinajstić information content (AvgIpc) is 3.25. The van der Waals surface area contributed by atoms with Gasteiger partial charge in [-0.3, -0.25) is 4.79 Å². The molecule has 32 heavy (non-hydrogen) atoms. The van der Waals surface area contributed by atoms with Gasteiger partial charge in [-0.05, 0) is 68.6 Å². The topological polar surface area (TPSA) is 95.7 Å². The largest absolute Gasteiger partial charge is 0.495 e. The molecule has 1 aromatic carbocycles. The van der Waals surface area contributed by atoms with Gasteiger partial charge in [-0.25, -0.2) is 4.98 Å². The third kappa shape index (κ3) is 4.48. The highest BCUT2D eigenvalue weighted by Crippen LogP contribution is 2.39. The lowest BCUT2D eigenvalue weighted by Crippen LogP contribution is -2.41. The van der Waals surface area contributed by atoms with Crippen molar-refractivity contribution < 1.29 is 18.8 Å². The Morgan fingerprint density at radius 3 is 2.62 bits per heavy atom. The Bertz CT molecular complexity index is 1040. The molecule has 4 rings (SSSR count). The molecule has 0 spiro atoms. The molecule has 7 nitrogen and oxygen atoms in total. The Morgan fingerprint density at radius 2 is 1.97 bits per heavy atom. The van der Waals surface area contributed by atoms with E-state index in [1.807, 2.05) is 33.8 Å². The molecule has 1 amide bonds. The maximum atomic E-state index is 12.2. The summed E-state index contributed by atoms with van der Waals surface area (Å²) in [6.07, 6.45) is 5.11. The van der Waals surface area contributed by atoms with E-state index in [9.17, 15) is 4.79 Å². The second-order valence-corrected chi connectivity index (χ2v) is 9.48. The lowest BCUT2D eigenvalue weighted by atomic mass is 9.75. The number of nitrogen functional groups attached to an aromatic ring is 1. The standard InChI is InChI=1S/C23H27BClN3O4/c1-22(2)23(3,4)32-24(31-22)17-7-8-18(25)21-16(17)11-15(30-21)13-28-20(29)10-6-14-5-9-19(26)27-12-14/h5-10,12,15H,11,13H2,1-4H3,(H2,26,27)(H,28,29). The third-order valence-corrected chi connectivity index (χ3v) is 6.51. The molecule has 0 bridgehead atoms. The fourth-order valence-electron chi connectivity index (χ4n) is 3.65. The maximum absolute atomic E-state index is 12.2. The van der Waals surface area contributed by atoms with Crippen LogP contribution in [0.25, 0.3) is 6.08 Å². The van der Waals surface area contributed by atoms with Crippen LogP contribution in [0.15, 0.2) is 36.5 Å². The molecule has 9 heteroatoms. The van der Waals surface area contributed by atoms with Crippen molar-refractivity contribution in [3.63, 3.8) is 0 Å². The highest BCUT2D eigenvalue weighted by molar-refractivity contribution is 6.63. The van der Waals surface area contributed by atoms with E-state index in [1.165, 1.54) is 6.08 Å². The second-order valence-electron chi connectivity index (χ2n) is 9.07. The van der Waals surface area contributed by atoms with Gasteiger partial charge >= 0.3 is 7.12 Å². The van der Waals surface area contributed by atoms with Crippen LogP contribution in [-0.4, -0.2) is 41.9 Å². The number of anilines is 1. The number of carbonyl (C=O) groups excluding carboxylic acids is 1. The predicted molar refractivity (Wildman–Crippen MR) is 126 cm³/mol. The molecule has 2 aliphatic rings.